The van der Waals surface area contributed by atoms with Crippen LogP contribution >= 0.6 is 11.8 Å². The van der Waals surface area contributed by atoms with Crippen LogP contribution in [0.3, 0.4) is 0 Å². The number of thioether (sulfide) groups is 1. The van der Waals surface area contributed by atoms with Crippen molar-refractivity contribution in [1.29, 1.82) is 0 Å². The number of hydrogen-bond donors (Lipinski definition) is 9. The molecule has 0 radical (unpaired) electrons. The summed E-state index contributed by atoms with van der Waals surface area (Å²) in [5.41, 5.74) is 1.12. The molecule has 0 bridgehead atoms. The molecule has 1 saturated heterocycles. The molecule has 11 nitrogen and oxygen atoms in total. The molecule has 2 aliphatic rings. The van der Waals surface area contributed by atoms with Crippen molar-refractivity contribution in [2.45, 2.75) is 53.7 Å². The molecule has 9 N–H and O–H groups in total. The SMILES string of the molecule is OC[C@H]1O[C@@H](c2c(O)cc(O)c3c2O[C@H](c2ccc(O)c(O)c2)[C@H](O)[C@H]3SCc2ccccc2)[C@H](O)[C@@H](O)[C@@H]1O. The van der Waals surface area contributed by atoms with Gasteiger partial charge in [-0.3, -0.25) is 0 Å². The lowest BCUT2D eigenvalue weighted by Crippen LogP contribution is -2.55. The molecule has 2 aliphatic heterocycles. The van der Waals surface area contributed by atoms with E-state index in [4.69, 9.17) is 9.47 Å². The van der Waals surface area contributed by atoms with E-state index in [1.165, 1.54) is 30.0 Å². The van der Waals surface area contributed by atoms with Crippen LogP contribution in [-0.2, 0) is 10.5 Å². The molecule has 0 spiro atoms. The Morgan fingerprint density at radius 3 is 2.05 bits per heavy atom. The predicted octanol–water partition coefficient (Wildman–Crippen LogP) is 1.49. The minimum Gasteiger partial charge on any atom is -0.507 e. The van der Waals surface area contributed by atoms with Crippen LogP contribution in [0, 0.1) is 0 Å². The standard InChI is InChI=1S/C28H30O11S/c29-10-18-21(34)22(35)23(36)27(38-18)19-16(32)9-17(33)20-26(19)39-25(13-6-7-14(30)15(31)8-13)24(37)28(20)40-11-12-4-2-1-3-5-12/h1-9,18,21-25,27-37H,10-11H2/t18-,21-,22+,23-,24+,25-,27+,28+/m1/s1. The third-order valence-electron chi connectivity index (χ3n) is 7.24. The van der Waals surface area contributed by atoms with E-state index in [9.17, 15) is 46.0 Å². The van der Waals surface area contributed by atoms with Crippen molar-refractivity contribution in [3.8, 4) is 28.7 Å². The molecular weight excluding hydrogens is 544 g/mol. The lowest BCUT2D eigenvalue weighted by atomic mass is 9.86. The molecule has 214 valence electrons. The molecule has 0 unspecified atom stereocenters. The number of aliphatic hydroxyl groups excluding tert-OH is 5. The van der Waals surface area contributed by atoms with Crippen molar-refractivity contribution >= 4 is 11.8 Å². The molecule has 1 fully saturated rings. The molecule has 3 aromatic carbocycles. The Balaban J connectivity index is 1.64. The fraction of sp³-hybridized carbons (Fsp3) is 0.357. The van der Waals surface area contributed by atoms with Crippen LogP contribution in [0.1, 0.15) is 39.7 Å². The first-order valence-corrected chi connectivity index (χ1v) is 13.6. The first-order chi connectivity index (χ1) is 19.1. The summed E-state index contributed by atoms with van der Waals surface area (Å²) >= 11 is 1.27. The number of fused-ring (bicyclic) bond motifs is 1. The van der Waals surface area contributed by atoms with Gasteiger partial charge in [-0.1, -0.05) is 36.4 Å². The van der Waals surface area contributed by atoms with Crippen molar-refractivity contribution in [3.63, 3.8) is 0 Å². The van der Waals surface area contributed by atoms with E-state index >= 15 is 0 Å². The normalized spacial score (nSPS) is 29.9. The highest BCUT2D eigenvalue weighted by Gasteiger charge is 2.49. The van der Waals surface area contributed by atoms with Gasteiger partial charge in [0, 0.05) is 11.8 Å². The number of aliphatic hydroxyl groups is 5. The van der Waals surface area contributed by atoms with Gasteiger partial charge in [0.25, 0.3) is 0 Å². The number of rotatable bonds is 6. The topological polar surface area (TPSA) is 201 Å². The fourth-order valence-electron chi connectivity index (χ4n) is 5.13. The minimum atomic E-state index is -1.76. The van der Waals surface area contributed by atoms with E-state index in [1.54, 1.807) is 0 Å². The van der Waals surface area contributed by atoms with Gasteiger partial charge in [0.2, 0.25) is 0 Å². The number of hydrogen-bond acceptors (Lipinski definition) is 12. The lowest BCUT2D eigenvalue weighted by molar-refractivity contribution is -0.232. The van der Waals surface area contributed by atoms with Crippen LogP contribution in [0.4, 0.5) is 0 Å². The summed E-state index contributed by atoms with van der Waals surface area (Å²) in [6.07, 6.45) is -10.4. The smallest absolute Gasteiger partial charge is 0.157 e. The first-order valence-electron chi connectivity index (χ1n) is 12.5. The summed E-state index contributed by atoms with van der Waals surface area (Å²) in [5, 5.41) is 93.7. The van der Waals surface area contributed by atoms with Crippen LogP contribution in [0.5, 0.6) is 28.7 Å². The second-order valence-corrected chi connectivity index (χ2v) is 10.9. The van der Waals surface area contributed by atoms with E-state index in [1.807, 2.05) is 30.3 Å². The highest BCUT2D eigenvalue weighted by atomic mass is 32.2. The number of phenols is 4. The number of phenolic OH excluding ortho intramolecular Hbond substituents is 4. The van der Waals surface area contributed by atoms with Gasteiger partial charge >= 0.3 is 0 Å². The molecular formula is C28H30O11S. The van der Waals surface area contributed by atoms with Crippen LogP contribution < -0.4 is 4.74 Å². The molecule has 12 heteroatoms. The van der Waals surface area contributed by atoms with Gasteiger partial charge in [-0.05, 0) is 23.3 Å². The third-order valence-corrected chi connectivity index (χ3v) is 8.62. The van der Waals surface area contributed by atoms with E-state index in [0.29, 0.717) is 5.75 Å². The molecule has 0 aromatic heterocycles. The average molecular weight is 575 g/mol. The second kappa shape index (κ2) is 11.3. The molecule has 8 atom stereocenters. The van der Waals surface area contributed by atoms with Crippen LogP contribution in [0.2, 0.25) is 0 Å². The van der Waals surface area contributed by atoms with Crippen molar-refractivity contribution in [3.05, 3.63) is 76.9 Å². The van der Waals surface area contributed by atoms with E-state index < -0.39 is 71.8 Å². The molecule has 3 aromatic rings. The quantitative estimate of drug-likeness (QED) is 0.192. The molecule has 0 aliphatic carbocycles. The van der Waals surface area contributed by atoms with Crippen molar-refractivity contribution in [2.75, 3.05) is 6.61 Å². The van der Waals surface area contributed by atoms with Gasteiger partial charge in [0.15, 0.2) is 17.6 Å². The predicted molar refractivity (Wildman–Crippen MR) is 142 cm³/mol. The van der Waals surface area contributed by atoms with Crippen LogP contribution in [-0.4, -0.2) is 83.1 Å². The van der Waals surface area contributed by atoms with Gasteiger partial charge in [-0.15, -0.1) is 11.8 Å². The summed E-state index contributed by atoms with van der Waals surface area (Å²) in [6, 6.07) is 14.2. The largest absolute Gasteiger partial charge is 0.507 e. The van der Waals surface area contributed by atoms with Crippen LogP contribution in [0.25, 0.3) is 0 Å². The van der Waals surface area contributed by atoms with Crippen LogP contribution in [0.15, 0.2) is 54.6 Å². The summed E-state index contributed by atoms with van der Waals surface area (Å²) in [6.45, 7) is -0.701. The highest BCUT2D eigenvalue weighted by Crippen LogP contribution is 2.57. The number of benzene rings is 3. The summed E-state index contributed by atoms with van der Waals surface area (Å²) < 4.78 is 11.9. The monoisotopic (exact) mass is 574 g/mol. The van der Waals surface area contributed by atoms with E-state index in [-0.39, 0.29) is 28.2 Å². The Morgan fingerprint density at radius 1 is 0.675 bits per heavy atom. The summed E-state index contributed by atoms with van der Waals surface area (Å²) in [5.74, 6) is -1.54. The van der Waals surface area contributed by atoms with Gasteiger partial charge in [-0.2, -0.15) is 0 Å². The zero-order valence-corrected chi connectivity index (χ0v) is 21.8. The molecule has 40 heavy (non-hydrogen) atoms. The Hall–Kier alpha value is -3.23. The molecule has 2 heterocycles. The second-order valence-electron chi connectivity index (χ2n) is 9.82. The summed E-state index contributed by atoms with van der Waals surface area (Å²) in [7, 11) is 0. The average Bonchev–Trinajstić information content (AvgIpc) is 2.94. The maximum absolute atomic E-state index is 11.5. The Kier molecular flexibility index (Phi) is 8.02. The van der Waals surface area contributed by atoms with E-state index in [0.717, 1.165) is 11.6 Å². The van der Waals surface area contributed by atoms with Gasteiger partial charge < -0.3 is 55.4 Å². The maximum Gasteiger partial charge on any atom is 0.157 e. The highest BCUT2D eigenvalue weighted by molar-refractivity contribution is 7.98. The Bertz CT molecular complexity index is 1350. The maximum atomic E-state index is 11.5. The van der Waals surface area contributed by atoms with Gasteiger partial charge in [0.1, 0.15) is 53.9 Å². The zero-order valence-electron chi connectivity index (χ0n) is 21.0. The molecule has 0 amide bonds. The fourth-order valence-corrected chi connectivity index (χ4v) is 6.43. The number of ether oxygens (including phenoxy) is 2. The van der Waals surface area contributed by atoms with Gasteiger partial charge in [-0.25, -0.2) is 0 Å². The molecule has 5 rings (SSSR count). The first kappa shape index (κ1) is 28.3. The van der Waals surface area contributed by atoms with Crippen molar-refractivity contribution < 1.29 is 55.4 Å². The Morgan fingerprint density at radius 2 is 1.38 bits per heavy atom. The number of aromatic hydroxyl groups is 4. The minimum absolute atomic E-state index is 0.0949. The third kappa shape index (κ3) is 5.03. The van der Waals surface area contributed by atoms with Gasteiger partial charge in [0.05, 0.1) is 23.0 Å². The van der Waals surface area contributed by atoms with Crippen molar-refractivity contribution in [2.24, 2.45) is 0 Å². The van der Waals surface area contributed by atoms with E-state index in [2.05, 4.69) is 0 Å². The summed E-state index contributed by atoms with van der Waals surface area (Å²) in [4.78, 5) is 0. The van der Waals surface area contributed by atoms with Crippen molar-refractivity contribution in [1.82, 2.24) is 0 Å². The lowest BCUT2D eigenvalue weighted by Gasteiger charge is -2.43. The zero-order chi connectivity index (χ0) is 28.7. The molecule has 0 saturated carbocycles. The Labute approximate surface area is 233 Å².